The molecule has 35 heavy (non-hydrogen) atoms. The lowest BCUT2D eigenvalue weighted by Crippen LogP contribution is -2.54. The second-order valence-corrected chi connectivity index (χ2v) is 11.3. The summed E-state index contributed by atoms with van der Waals surface area (Å²) in [6, 6.07) is 4.74. The zero-order valence-electron chi connectivity index (χ0n) is 21.1. The minimum Gasteiger partial charge on any atom is -0.325 e. The van der Waals surface area contributed by atoms with Crippen LogP contribution in [0.1, 0.15) is 34.7 Å². The third-order valence-corrected chi connectivity index (χ3v) is 9.69. The Balaban J connectivity index is 1.45. The summed E-state index contributed by atoms with van der Waals surface area (Å²) in [4.78, 5) is 32.1. The maximum atomic E-state index is 13.6. The lowest BCUT2D eigenvalue weighted by Gasteiger charge is -2.37. The molecule has 1 aromatic heterocycles. The summed E-state index contributed by atoms with van der Waals surface area (Å²) in [7, 11) is -3.65. The number of aromatic amines is 2. The highest BCUT2D eigenvalue weighted by Crippen LogP contribution is 2.32. The number of sulfonamides is 1. The van der Waals surface area contributed by atoms with Gasteiger partial charge in [0.05, 0.1) is 22.0 Å². The predicted molar refractivity (Wildman–Crippen MR) is 137 cm³/mol. The number of nitrogens with one attached hydrogen (secondary N) is 3. The number of H-pyrrole nitrogens is 2. The van der Waals surface area contributed by atoms with Crippen LogP contribution < -0.4 is 11.0 Å². The molecule has 2 heterocycles. The van der Waals surface area contributed by atoms with Crippen LogP contribution in [0.25, 0.3) is 11.0 Å². The van der Waals surface area contributed by atoms with Crippen LogP contribution in [-0.2, 0) is 14.8 Å². The Morgan fingerprint density at radius 1 is 0.886 bits per heavy atom. The molecule has 0 unspecified atom stereocenters. The first-order valence-electron chi connectivity index (χ1n) is 11.8. The number of hydrogen-bond acceptors (Lipinski definition) is 5. The molecule has 0 radical (unpaired) electrons. The Kier molecular flexibility index (Phi) is 6.65. The van der Waals surface area contributed by atoms with Gasteiger partial charge in [-0.05, 0) is 87.6 Å². The number of aromatic nitrogens is 2. The van der Waals surface area contributed by atoms with Gasteiger partial charge in [-0.15, -0.1) is 0 Å². The summed E-state index contributed by atoms with van der Waals surface area (Å²) in [5.74, 6) is -0.185. The molecule has 1 aliphatic heterocycles. The van der Waals surface area contributed by atoms with Crippen molar-refractivity contribution in [1.29, 1.82) is 0 Å². The van der Waals surface area contributed by atoms with Crippen LogP contribution in [0.2, 0.25) is 0 Å². The molecule has 0 saturated carbocycles. The highest BCUT2D eigenvalue weighted by molar-refractivity contribution is 7.89. The number of anilines is 1. The number of piperazine rings is 1. The van der Waals surface area contributed by atoms with Crippen molar-refractivity contribution in [3.8, 4) is 0 Å². The Morgan fingerprint density at radius 2 is 1.43 bits per heavy atom. The maximum absolute atomic E-state index is 13.6. The van der Waals surface area contributed by atoms with Crippen LogP contribution in [0, 0.1) is 34.6 Å². The molecule has 1 aliphatic rings. The van der Waals surface area contributed by atoms with Crippen LogP contribution in [0.5, 0.6) is 0 Å². The molecular weight excluding hydrogens is 466 g/mol. The van der Waals surface area contributed by atoms with E-state index in [-0.39, 0.29) is 11.6 Å². The molecule has 188 valence electrons. The molecule has 9 nitrogen and oxygen atoms in total. The molecule has 1 atom stereocenters. The molecule has 1 saturated heterocycles. The second kappa shape index (κ2) is 9.25. The van der Waals surface area contributed by atoms with E-state index in [0.717, 1.165) is 27.8 Å². The number of imidazole rings is 1. The number of carbonyl (C=O) groups is 1. The third kappa shape index (κ3) is 4.53. The smallest absolute Gasteiger partial charge is 0.323 e. The molecule has 0 bridgehead atoms. The molecule has 10 heteroatoms. The summed E-state index contributed by atoms with van der Waals surface area (Å²) in [5.41, 5.74) is 6.34. The third-order valence-electron chi connectivity index (χ3n) is 7.51. The number of amides is 1. The van der Waals surface area contributed by atoms with Gasteiger partial charge in [0.25, 0.3) is 0 Å². The van der Waals surface area contributed by atoms with Crippen LogP contribution >= 0.6 is 0 Å². The van der Waals surface area contributed by atoms with Gasteiger partial charge in [-0.3, -0.25) is 9.69 Å². The SMILES string of the molecule is Cc1c(C)c(C)c(S(=O)(=O)N2CCN([C@@H](C)C(=O)Nc3ccc4[nH]c(=O)[nH]c4c3)CC2)c(C)c1C. The molecule has 3 N–H and O–H groups in total. The standard InChI is InChI=1S/C25H33N5O4S/c1-14-15(2)17(4)23(18(5)16(14)3)35(33,34)30-11-9-29(10-12-30)19(6)24(31)26-20-7-8-21-22(13-20)28-25(32)27-21/h7-8,13,19H,9-12H2,1-6H3,(H,26,31)(H2,27,28,32)/t19-/m0/s1. The van der Waals surface area contributed by atoms with Crippen molar-refractivity contribution in [2.75, 3.05) is 31.5 Å². The predicted octanol–water partition coefficient (Wildman–Crippen LogP) is 2.73. The number of benzene rings is 2. The Bertz CT molecular complexity index is 1430. The number of carbonyl (C=O) groups excluding carboxylic acids is 1. The van der Waals surface area contributed by atoms with Crippen molar-refractivity contribution in [1.82, 2.24) is 19.2 Å². The Morgan fingerprint density at radius 3 is 2.03 bits per heavy atom. The van der Waals surface area contributed by atoms with E-state index in [9.17, 15) is 18.0 Å². The fourth-order valence-electron chi connectivity index (χ4n) is 4.84. The van der Waals surface area contributed by atoms with Crippen LogP contribution in [0.4, 0.5) is 5.69 Å². The Labute approximate surface area is 205 Å². The first-order chi connectivity index (χ1) is 16.4. The van der Waals surface area contributed by atoms with Gasteiger partial charge >= 0.3 is 5.69 Å². The molecule has 0 aliphatic carbocycles. The molecule has 2 aromatic carbocycles. The molecule has 3 aromatic rings. The lowest BCUT2D eigenvalue weighted by atomic mass is 9.95. The topological polar surface area (TPSA) is 118 Å². The number of fused-ring (bicyclic) bond motifs is 1. The van der Waals surface area contributed by atoms with Crippen LogP contribution in [-0.4, -0.2) is 65.7 Å². The highest BCUT2D eigenvalue weighted by atomic mass is 32.2. The number of rotatable bonds is 5. The fourth-order valence-corrected chi connectivity index (χ4v) is 6.82. The van der Waals surface area contributed by atoms with Crippen molar-refractivity contribution < 1.29 is 13.2 Å². The van der Waals surface area contributed by atoms with Gasteiger partial charge in [-0.2, -0.15) is 4.31 Å². The minimum atomic E-state index is -3.65. The van der Waals surface area contributed by atoms with Gasteiger partial charge in [0.2, 0.25) is 15.9 Å². The molecule has 4 rings (SSSR count). The van der Waals surface area contributed by atoms with Crippen molar-refractivity contribution >= 4 is 32.7 Å². The van der Waals surface area contributed by atoms with Gasteiger partial charge in [-0.1, -0.05) is 0 Å². The first-order valence-corrected chi connectivity index (χ1v) is 13.2. The first kappa shape index (κ1) is 25.2. The summed E-state index contributed by atoms with van der Waals surface area (Å²) < 4.78 is 28.7. The maximum Gasteiger partial charge on any atom is 0.323 e. The summed E-state index contributed by atoms with van der Waals surface area (Å²) in [5, 5.41) is 2.89. The molecule has 1 fully saturated rings. The summed E-state index contributed by atoms with van der Waals surface area (Å²) in [6.45, 7) is 13.1. The number of nitrogens with zero attached hydrogens (tertiary/aromatic N) is 2. The van der Waals surface area contributed by atoms with Crippen molar-refractivity contribution in [2.24, 2.45) is 0 Å². The van der Waals surface area contributed by atoms with E-state index in [4.69, 9.17) is 0 Å². The van der Waals surface area contributed by atoms with E-state index in [0.29, 0.717) is 47.8 Å². The zero-order valence-corrected chi connectivity index (χ0v) is 21.9. The quantitative estimate of drug-likeness (QED) is 0.499. The van der Waals surface area contributed by atoms with Crippen LogP contribution in [0.15, 0.2) is 27.9 Å². The fraction of sp³-hybridized carbons (Fsp3) is 0.440. The van der Waals surface area contributed by atoms with Gasteiger partial charge in [0, 0.05) is 31.9 Å². The lowest BCUT2D eigenvalue weighted by molar-refractivity contribution is -0.121. The normalized spacial score (nSPS) is 16.5. The Hall–Kier alpha value is -2.95. The average molecular weight is 500 g/mol. The van der Waals surface area contributed by atoms with E-state index in [1.165, 1.54) is 4.31 Å². The van der Waals surface area contributed by atoms with Crippen molar-refractivity contribution in [3.63, 3.8) is 0 Å². The molecule has 0 spiro atoms. The van der Waals surface area contributed by atoms with Gasteiger partial charge in [-0.25, -0.2) is 13.2 Å². The zero-order chi connectivity index (χ0) is 25.7. The second-order valence-electron chi connectivity index (χ2n) is 9.40. The van der Waals surface area contributed by atoms with Gasteiger partial charge < -0.3 is 15.3 Å². The molecular formula is C25H33N5O4S. The van der Waals surface area contributed by atoms with E-state index in [2.05, 4.69) is 15.3 Å². The summed E-state index contributed by atoms with van der Waals surface area (Å²) in [6.07, 6.45) is 0. The molecule has 1 amide bonds. The van der Waals surface area contributed by atoms with E-state index in [1.807, 2.05) is 46.4 Å². The largest absolute Gasteiger partial charge is 0.325 e. The van der Waals surface area contributed by atoms with E-state index in [1.54, 1.807) is 18.2 Å². The minimum absolute atomic E-state index is 0.185. The van der Waals surface area contributed by atoms with E-state index < -0.39 is 16.1 Å². The van der Waals surface area contributed by atoms with Crippen molar-refractivity contribution in [2.45, 2.75) is 52.5 Å². The monoisotopic (exact) mass is 499 g/mol. The van der Waals surface area contributed by atoms with Crippen molar-refractivity contribution in [3.05, 3.63) is 56.5 Å². The van der Waals surface area contributed by atoms with Gasteiger partial charge in [0.1, 0.15) is 0 Å². The van der Waals surface area contributed by atoms with Crippen LogP contribution in [0.3, 0.4) is 0 Å². The average Bonchev–Trinajstić information content (AvgIpc) is 3.20. The number of hydrogen-bond donors (Lipinski definition) is 3. The summed E-state index contributed by atoms with van der Waals surface area (Å²) >= 11 is 0. The van der Waals surface area contributed by atoms with Gasteiger partial charge in [0.15, 0.2) is 0 Å². The highest BCUT2D eigenvalue weighted by Gasteiger charge is 2.34. The van der Waals surface area contributed by atoms with E-state index >= 15 is 0 Å².